The van der Waals surface area contributed by atoms with Crippen LogP contribution in [0, 0.1) is 13.8 Å². The van der Waals surface area contributed by atoms with Gasteiger partial charge in [-0.25, -0.2) is 14.8 Å². The lowest BCUT2D eigenvalue weighted by Crippen LogP contribution is -2.03. The molecule has 2 rings (SSSR count). The highest BCUT2D eigenvalue weighted by Crippen LogP contribution is 2.08. The summed E-state index contributed by atoms with van der Waals surface area (Å²) in [4.78, 5) is 23.1. The standard InChI is InChI=1S/C13H13N3O2/c1-8-3-9(2)16-11(4-8)5-12-14-6-10(7-15-12)13(17)18/h3-4,6-7H,5H2,1-2H3,(H,17,18). The van der Waals surface area contributed by atoms with Crippen molar-refractivity contribution < 1.29 is 9.90 Å². The molecule has 18 heavy (non-hydrogen) atoms. The lowest BCUT2D eigenvalue weighted by molar-refractivity contribution is 0.0696. The average molecular weight is 243 g/mol. The molecule has 0 bridgehead atoms. The molecule has 0 aromatic carbocycles. The molecule has 92 valence electrons. The molecule has 0 amide bonds. The smallest absolute Gasteiger partial charge is 0.338 e. The molecule has 0 atom stereocenters. The molecule has 0 aliphatic carbocycles. The SMILES string of the molecule is Cc1cc(C)nc(Cc2ncc(C(=O)O)cn2)c1. The summed E-state index contributed by atoms with van der Waals surface area (Å²) in [5.74, 6) is -0.455. The van der Waals surface area contributed by atoms with Crippen molar-refractivity contribution in [3.8, 4) is 0 Å². The number of carboxylic acid groups (broad SMARTS) is 1. The lowest BCUT2D eigenvalue weighted by Gasteiger charge is -2.03. The van der Waals surface area contributed by atoms with E-state index in [0.717, 1.165) is 17.0 Å². The number of rotatable bonds is 3. The third kappa shape index (κ3) is 2.88. The van der Waals surface area contributed by atoms with Crippen LogP contribution in [-0.2, 0) is 6.42 Å². The Morgan fingerprint density at radius 1 is 1.22 bits per heavy atom. The van der Waals surface area contributed by atoms with Crippen LogP contribution in [0.2, 0.25) is 0 Å². The number of nitrogens with zero attached hydrogens (tertiary/aromatic N) is 3. The fourth-order valence-electron chi connectivity index (χ4n) is 1.73. The Bertz CT molecular complexity index is 559. The van der Waals surface area contributed by atoms with Gasteiger partial charge in [0, 0.05) is 23.8 Å². The predicted octanol–water partition coefficient (Wildman–Crippen LogP) is 1.78. The summed E-state index contributed by atoms with van der Waals surface area (Å²) >= 11 is 0. The first-order chi connectivity index (χ1) is 8.54. The Morgan fingerprint density at radius 2 is 1.89 bits per heavy atom. The maximum atomic E-state index is 10.7. The van der Waals surface area contributed by atoms with E-state index < -0.39 is 5.97 Å². The minimum Gasteiger partial charge on any atom is -0.478 e. The minimum absolute atomic E-state index is 0.0899. The number of aromatic nitrogens is 3. The summed E-state index contributed by atoms with van der Waals surface area (Å²) < 4.78 is 0. The molecule has 0 saturated carbocycles. The maximum Gasteiger partial charge on any atom is 0.338 e. The van der Waals surface area contributed by atoms with E-state index in [2.05, 4.69) is 15.0 Å². The van der Waals surface area contributed by atoms with Gasteiger partial charge in [0.05, 0.1) is 12.0 Å². The normalized spacial score (nSPS) is 10.3. The van der Waals surface area contributed by atoms with Crippen LogP contribution in [0.25, 0.3) is 0 Å². The van der Waals surface area contributed by atoms with Gasteiger partial charge in [0.25, 0.3) is 0 Å². The van der Waals surface area contributed by atoms with Crippen LogP contribution in [0.15, 0.2) is 24.5 Å². The molecule has 2 heterocycles. The Labute approximate surface area is 105 Å². The molecule has 2 aromatic heterocycles. The van der Waals surface area contributed by atoms with Crippen molar-refractivity contribution in [2.24, 2.45) is 0 Å². The van der Waals surface area contributed by atoms with E-state index in [1.165, 1.54) is 12.4 Å². The summed E-state index contributed by atoms with van der Waals surface area (Å²) in [5.41, 5.74) is 3.06. The molecule has 0 radical (unpaired) electrons. The molecule has 1 N–H and O–H groups in total. The molecule has 5 nitrogen and oxygen atoms in total. The second-order valence-electron chi connectivity index (χ2n) is 4.15. The zero-order valence-electron chi connectivity index (χ0n) is 10.2. The van der Waals surface area contributed by atoms with E-state index in [1.807, 2.05) is 26.0 Å². The maximum absolute atomic E-state index is 10.7. The number of aryl methyl sites for hydroxylation is 2. The first-order valence-electron chi connectivity index (χ1n) is 5.53. The zero-order chi connectivity index (χ0) is 13.1. The highest BCUT2D eigenvalue weighted by Gasteiger charge is 2.06. The largest absolute Gasteiger partial charge is 0.478 e. The van der Waals surface area contributed by atoms with Gasteiger partial charge >= 0.3 is 5.97 Å². The number of hydrogen-bond acceptors (Lipinski definition) is 4. The van der Waals surface area contributed by atoms with E-state index >= 15 is 0 Å². The molecule has 5 heteroatoms. The van der Waals surface area contributed by atoms with Crippen molar-refractivity contribution in [2.75, 3.05) is 0 Å². The predicted molar refractivity (Wildman–Crippen MR) is 65.5 cm³/mol. The van der Waals surface area contributed by atoms with Crippen molar-refractivity contribution in [1.29, 1.82) is 0 Å². The number of hydrogen-bond donors (Lipinski definition) is 1. The van der Waals surface area contributed by atoms with Crippen LogP contribution in [0.3, 0.4) is 0 Å². The molecule has 0 saturated heterocycles. The van der Waals surface area contributed by atoms with Crippen LogP contribution < -0.4 is 0 Å². The third-order valence-corrected chi connectivity index (χ3v) is 2.44. The van der Waals surface area contributed by atoms with E-state index in [-0.39, 0.29) is 5.56 Å². The van der Waals surface area contributed by atoms with Crippen molar-refractivity contribution in [2.45, 2.75) is 20.3 Å². The van der Waals surface area contributed by atoms with Gasteiger partial charge < -0.3 is 5.11 Å². The summed E-state index contributed by atoms with van der Waals surface area (Å²) in [5, 5.41) is 8.75. The second-order valence-corrected chi connectivity index (χ2v) is 4.15. The number of carbonyl (C=O) groups is 1. The first kappa shape index (κ1) is 12.2. The zero-order valence-corrected chi connectivity index (χ0v) is 10.2. The molecular weight excluding hydrogens is 230 g/mol. The molecular formula is C13H13N3O2. The summed E-state index contributed by atoms with van der Waals surface area (Å²) in [6.07, 6.45) is 3.13. The number of pyridine rings is 1. The van der Waals surface area contributed by atoms with Gasteiger partial charge in [-0.2, -0.15) is 0 Å². The van der Waals surface area contributed by atoms with Gasteiger partial charge in [0.15, 0.2) is 0 Å². The van der Waals surface area contributed by atoms with Gasteiger partial charge in [-0.1, -0.05) is 0 Å². The van der Waals surface area contributed by atoms with Crippen molar-refractivity contribution in [1.82, 2.24) is 15.0 Å². The lowest BCUT2D eigenvalue weighted by atomic mass is 10.2. The summed E-state index contributed by atoms with van der Waals surface area (Å²) in [6.45, 7) is 3.94. The number of carboxylic acids is 1. The third-order valence-electron chi connectivity index (χ3n) is 2.44. The topological polar surface area (TPSA) is 76.0 Å². The van der Waals surface area contributed by atoms with Crippen LogP contribution in [0.1, 0.15) is 33.1 Å². The van der Waals surface area contributed by atoms with Gasteiger partial charge in [0.2, 0.25) is 0 Å². The average Bonchev–Trinajstić information content (AvgIpc) is 2.28. The molecule has 0 aliphatic rings. The number of aromatic carboxylic acids is 1. The second kappa shape index (κ2) is 4.91. The monoisotopic (exact) mass is 243 g/mol. The van der Waals surface area contributed by atoms with Crippen molar-refractivity contribution >= 4 is 5.97 Å². The van der Waals surface area contributed by atoms with Crippen molar-refractivity contribution in [3.63, 3.8) is 0 Å². The Kier molecular flexibility index (Phi) is 3.32. The molecule has 0 fully saturated rings. The highest BCUT2D eigenvalue weighted by atomic mass is 16.4. The van der Waals surface area contributed by atoms with Crippen molar-refractivity contribution in [3.05, 3.63) is 52.9 Å². The molecule has 0 spiro atoms. The van der Waals surface area contributed by atoms with E-state index in [1.54, 1.807) is 0 Å². The van der Waals surface area contributed by atoms with Crippen LogP contribution in [0.5, 0.6) is 0 Å². The highest BCUT2D eigenvalue weighted by molar-refractivity contribution is 5.86. The van der Waals surface area contributed by atoms with Gasteiger partial charge in [-0.05, 0) is 31.5 Å². The van der Waals surface area contributed by atoms with Crippen LogP contribution >= 0.6 is 0 Å². The first-order valence-corrected chi connectivity index (χ1v) is 5.53. The summed E-state index contributed by atoms with van der Waals surface area (Å²) in [7, 11) is 0. The van der Waals surface area contributed by atoms with E-state index in [9.17, 15) is 4.79 Å². The van der Waals surface area contributed by atoms with E-state index in [4.69, 9.17) is 5.11 Å². The van der Waals surface area contributed by atoms with Gasteiger partial charge in [-0.3, -0.25) is 4.98 Å². The Balaban J connectivity index is 2.20. The van der Waals surface area contributed by atoms with E-state index in [0.29, 0.717) is 12.2 Å². The Hall–Kier alpha value is -2.30. The quantitative estimate of drug-likeness (QED) is 0.889. The fourth-order valence-corrected chi connectivity index (χ4v) is 1.73. The summed E-state index contributed by atoms with van der Waals surface area (Å²) in [6, 6.07) is 3.97. The Morgan fingerprint density at radius 3 is 2.44 bits per heavy atom. The molecule has 2 aromatic rings. The van der Waals surface area contributed by atoms with Gasteiger partial charge in [-0.15, -0.1) is 0 Å². The fraction of sp³-hybridized carbons (Fsp3) is 0.231. The van der Waals surface area contributed by atoms with Crippen LogP contribution in [0.4, 0.5) is 0 Å². The van der Waals surface area contributed by atoms with Gasteiger partial charge in [0.1, 0.15) is 5.82 Å². The molecule has 0 aliphatic heterocycles. The minimum atomic E-state index is -1.02. The molecule has 0 unspecified atom stereocenters. The van der Waals surface area contributed by atoms with Crippen LogP contribution in [-0.4, -0.2) is 26.0 Å².